The average Bonchev–Trinajstić information content (AvgIpc) is 3.11. The van der Waals surface area contributed by atoms with E-state index in [1.54, 1.807) is 21.9 Å². The minimum Gasteiger partial charge on any atom is -0.337 e. The van der Waals surface area contributed by atoms with E-state index in [1.807, 2.05) is 42.3 Å². The van der Waals surface area contributed by atoms with Crippen LogP contribution in [0, 0.1) is 5.82 Å². The first-order valence-corrected chi connectivity index (χ1v) is 9.11. The number of hydrogen-bond donors (Lipinski definition) is 0. The summed E-state index contributed by atoms with van der Waals surface area (Å²) in [6.07, 6.45) is 0.750. The van der Waals surface area contributed by atoms with Crippen LogP contribution in [-0.4, -0.2) is 60.4 Å². The summed E-state index contributed by atoms with van der Waals surface area (Å²) in [6, 6.07) is 15.7. The number of amides is 2. The van der Waals surface area contributed by atoms with Crippen LogP contribution in [0.5, 0.6) is 0 Å². The van der Waals surface area contributed by atoms with Crippen LogP contribution in [0.2, 0.25) is 0 Å². The lowest BCUT2D eigenvalue weighted by Crippen LogP contribution is -2.64. The van der Waals surface area contributed by atoms with Crippen LogP contribution < -0.4 is 4.90 Å². The molecule has 6 heteroatoms. The molecule has 0 bridgehead atoms. The third-order valence-electron chi connectivity index (χ3n) is 5.73. The molecule has 1 spiro atoms. The molecule has 2 aromatic rings. The molecular formula is C21H22FN3O2. The van der Waals surface area contributed by atoms with Gasteiger partial charge in [0.2, 0.25) is 5.91 Å². The number of anilines is 1. The fourth-order valence-electron chi connectivity index (χ4n) is 4.08. The number of likely N-dealkylation sites (N-methyl/N-ethyl adjacent to an activating group) is 1. The lowest BCUT2D eigenvalue weighted by Gasteiger charge is -2.46. The van der Waals surface area contributed by atoms with Crippen LogP contribution >= 0.6 is 0 Å². The van der Waals surface area contributed by atoms with Gasteiger partial charge in [-0.15, -0.1) is 0 Å². The van der Waals surface area contributed by atoms with E-state index in [9.17, 15) is 14.0 Å². The van der Waals surface area contributed by atoms with Crippen molar-refractivity contribution < 1.29 is 14.0 Å². The maximum atomic E-state index is 14.0. The van der Waals surface area contributed by atoms with Crippen LogP contribution in [0.3, 0.4) is 0 Å². The molecule has 2 aromatic carbocycles. The molecule has 0 aromatic heterocycles. The molecule has 0 aliphatic carbocycles. The van der Waals surface area contributed by atoms with Gasteiger partial charge in [-0.05, 0) is 37.7 Å². The highest BCUT2D eigenvalue weighted by atomic mass is 19.1. The number of halogens is 1. The van der Waals surface area contributed by atoms with E-state index in [1.165, 1.54) is 12.1 Å². The van der Waals surface area contributed by atoms with Crippen LogP contribution in [-0.2, 0) is 4.79 Å². The van der Waals surface area contributed by atoms with Gasteiger partial charge in [-0.2, -0.15) is 0 Å². The van der Waals surface area contributed by atoms with Crippen molar-refractivity contribution in [3.63, 3.8) is 0 Å². The topological polar surface area (TPSA) is 43.9 Å². The van der Waals surface area contributed by atoms with E-state index < -0.39 is 5.82 Å². The van der Waals surface area contributed by atoms with Crippen molar-refractivity contribution in [1.82, 2.24) is 9.80 Å². The fraction of sp³-hybridized carbons (Fsp3) is 0.333. The lowest BCUT2D eigenvalue weighted by molar-refractivity contribution is -0.123. The van der Waals surface area contributed by atoms with Gasteiger partial charge in [-0.25, -0.2) is 4.39 Å². The number of piperazine rings is 1. The molecule has 4 rings (SSSR count). The lowest BCUT2D eigenvalue weighted by atomic mass is 9.92. The van der Waals surface area contributed by atoms with Crippen LogP contribution in [0.15, 0.2) is 54.6 Å². The van der Waals surface area contributed by atoms with Crippen LogP contribution in [0.4, 0.5) is 10.1 Å². The molecule has 0 N–H and O–H groups in total. The monoisotopic (exact) mass is 367 g/mol. The van der Waals surface area contributed by atoms with E-state index in [0.717, 1.165) is 12.1 Å². The van der Waals surface area contributed by atoms with Crippen molar-refractivity contribution in [3.05, 3.63) is 66.0 Å². The third kappa shape index (κ3) is 3.10. The van der Waals surface area contributed by atoms with E-state index in [2.05, 4.69) is 0 Å². The Morgan fingerprint density at radius 1 is 1.04 bits per heavy atom. The van der Waals surface area contributed by atoms with Crippen molar-refractivity contribution in [2.75, 3.05) is 38.1 Å². The maximum Gasteiger partial charge on any atom is 0.256 e. The first-order chi connectivity index (χ1) is 13.0. The van der Waals surface area contributed by atoms with E-state index >= 15 is 0 Å². The SMILES string of the molecule is CN1CC(=O)N(c2ccccc2)C[C@]12CCN(C(=O)c1ccccc1F)C2. The van der Waals surface area contributed by atoms with Gasteiger partial charge in [-0.3, -0.25) is 14.5 Å². The Kier molecular flexibility index (Phi) is 4.44. The van der Waals surface area contributed by atoms with E-state index in [-0.39, 0.29) is 22.9 Å². The van der Waals surface area contributed by atoms with Gasteiger partial charge in [0, 0.05) is 25.3 Å². The molecule has 0 radical (unpaired) electrons. The van der Waals surface area contributed by atoms with Crippen molar-refractivity contribution >= 4 is 17.5 Å². The normalized spacial score (nSPS) is 23.3. The fourth-order valence-corrected chi connectivity index (χ4v) is 4.08. The summed E-state index contributed by atoms with van der Waals surface area (Å²) in [5.41, 5.74) is 0.655. The first kappa shape index (κ1) is 17.7. The number of nitrogens with zero attached hydrogens (tertiary/aromatic N) is 3. The summed E-state index contributed by atoms with van der Waals surface area (Å²) >= 11 is 0. The molecule has 2 aliphatic heterocycles. The zero-order valence-electron chi connectivity index (χ0n) is 15.3. The largest absolute Gasteiger partial charge is 0.337 e. The Morgan fingerprint density at radius 2 is 1.74 bits per heavy atom. The molecule has 2 saturated heterocycles. The molecule has 0 unspecified atom stereocenters. The van der Waals surface area contributed by atoms with E-state index in [0.29, 0.717) is 26.2 Å². The highest BCUT2D eigenvalue weighted by molar-refractivity contribution is 5.97. The predicted octanol–water partition coefficient (Wildman–Crippen LogP) is 2.39. The van der Waals surface area contributed by atoms with Gasteiger partial charge >= 0.3 is 0 Å². The second-order valence-corrected chi connectivity index (χ2v) is 7.35. The zero-order valence-corrected chi connectivity index (χ0v) is 15.3. The van der Waals surface area contributed by atoms with Crippen molar-refractivity contribution in [2.45, 2.75) is 12.0 Å². The molecule has 2 aliphatic rings. The highest BCUT2D eigenvalue weighted by Crippen LogP contribution is 2.34. The Hall–Kier alpha value is -2.73. The number of likely N-dealkylation sites (tertiary alicyclic amines) is 1. The number of carbonyl (C=O) groups is 2. The molecule has 5 nitrogen and oxygen atoms in total. The number of carbonyl (C=O) groups excluding carboxylic acids is 2. The molecule has 27 heavy (non-hydrogen) atoms. The quantitative estimate of drug-likeness (QED) is 0.819. The highest BCUT2D eigenvalue weighted by Gasteiger charge is 2.48. The number of para-hydroxylation sites is 1. The minimum absolute atomic E-state index is 0.0493. The Balaban J connectivity index is 1.57. The molecule has 2 fully saturated rings. The minimum atomic E-state index is -0.499. The summed E-state index contributed by atoms with van der Waals surface area (Å²) in [7, 11) is 1.93. The Labute approximate surface area is 158 Å². The molecule has 0 saturated carbocycles. The molecule has 2 heterocycles. The summed E-state index contributed by atoms with van der Waals surface area (Å²) in [4.78, 5) is 30.9. The maximum absolute atomic E-state index is 14.0. The van der Waals surface area contributed by atoms with Crippen molar-refractivity contribution in [3.8, 4) is 0 Å². The summed E-state index contributed by atoms with van der Waals surface area (Å²) < 4.78 is 14.0. The molecule has 140 valence electrons. The van der Waals surface area contributed by atoms with Gasteiger partial charge in [-0.1, -0.05) is 30.3 Å². The molecule has 1 atom stereocenters. The predicted molar refractivity (Wildman–Crippen MR) is 101 cm³/mol. The van der Waals surface area contributed by atoms with Gasteiger partial charge in [0.05, 0.1) is 17.6 Å². The second kappa shape index (κ2) is 6.78. The Bertz CT molecular complexity index is 873. The standard InChI is InChI=1S/C21H22FN3O2/c1-23-13-19(26)25(16-7-3-2-4-8-16)15-21(23)11-12-24(14-21)20(27)17-9-5-6-10-18(17)22/h2-10H,11-15H2,1H3/t21-/m1/s1. The Morgan fingerprint density at radius 3 is 2.48 bits per heavy atom. The molecule has 2 amide bonds. The smallest absolute Gasteiger partial charge is 0.256 e. The summed E-state index contributed by atoms with van der Waals surface area (Å²) in [5, 5.41) is 0. The van der Waals surface area contributed by atoms with Crippen LogP contribution in [0.25, 0.3) is 0 Å². The molecular weight excluding hydrogens is 345 g/mol. The summed E-state index contributed by atoms with van der Waals surface area (Å²) in [5.74, 6) is -0.740. The number of rotatable bonds is 2. The summed E-state index contributed by atoms with van der Waals surface area (Å²) in [6.45, 7) is 1.85. The van der Waals surface area contributed by atoms with Gasteiger partial charge in [0.1, 0.15) is 5.82 Å². The second-order valence-electron chi connectivity index (χ2n) is 7.35. The van der Waals surface area contributed by atoms with Gasteiger partial charge < -0.3 is 9.80 Å². The third-order valence-corrected chi connectivity index (χ3v) is 5.73. The van der Waals surface area contributed by atoms with Crippen molar-refractivity contribution in [2.24, 2.45) is 0 Å². The number of hydrogen-bond acceptors (Lipinski definition) is 3. The van der Waals surface area contributed by atoms with Crippen molar-refractivity contribution in [1.29, 1.82) is 0 Å². The van der Waals surface area contributed by atoms with Crippen LogP contribution in [0.1, 0.15) is 16.8 Å². The van der Waals surface area contributed by atoms with Gasteiger partial charge in [0.25, 0.3) is 5.91 Å². The van der Waals surface area contributed by atoms with E-state index in [4.69, 9.17) is 0 Å². The zero-order chi connectivity index (χ0) is 19.0. The first-order valence-electron chi connectivity index (χ1n) is 9.11. The average molecular weight is 367 g/mol. The number of benzene rings is 2. The van der Waals surface area contributed by atoms with Gasteiger partial charge in [0.15, 0.2) is 0 Å².